The molecule has 1 aromatic heterocycles. The number of amides is 1. The highest BCUT2D eigenvalue weighted by Gasteiger charge is 2.26. The van der Waals surface area contributed by atoms with E-state index in [-0.39, 0.29) is 17.9 Å². The van der Waals surface area contributed by atoms with Crippen molar-refractivity contribution in [3.8, 4) is 17.0 Å². The number of ether oxygens (including phenoxy) is 1. The highest BCUT2D eigenvalue weighted by Crippen LogP contribution is 2.32. The van der Waals surface area contributed by atoms with Crippen LogP contribution in [-0.2, 0) is 11.2 Å². The lowest BCUT2D eigenvalue weighted by molar-refractivity contribution is -0.120. The number of benzene rings is 1. The van der Waals surface area contributed by atoms with E-state index in [1.54, 1.807) is 0 Å². The molecule has 126 valence electrons. The normalized spacial score (nSPS) is 22.7. The van der Waals surface area contributed by atoms with Crippen LogP contribution >= 0.6 is 11.3 Å². The predicted octanol–water partition coefficient (Wildman–Crippen LogP) is 3.20. The highest BCUT2D eigenvalue weighted by molar-refractivity contribution is 7.14. The highest BCUT2D eigenvalue weighted by atomic mass is 32.1. The second-order valence-corrected chi connectivity index (χ2v) is 7.43. The molecular weight excluding hydrogens is 322 g/mol. The maximum absolute atomic E-state index is 12.4. The number of aromatic nitrogens is 1. The number of rotatable bonds is 3. The van der Waals surface area contributed by atoms with Gasteiger partial charge in [0.15, 0.2) is 5.13 Å². The number of hydrogen-bond donors (Lipinski definition) is 2. The van der Waals surface area contributed by atoms with Gasteiger partial charge in [-0.3, -0.25) is 4.79 Å². The van der Waals surface area contributed by atoms with Crippen molar-refractivity contribution in [2.24, 2.45) is 11.7 Å². The van der Waals surface area contributed by atoms with Crippen molar-refractivity contribution in [1.29, 1.82) is 0 Å². The number of nitrogens with two attached hydrogens (primary N) is 1. The Morgan fingerprint density at radius 1 is 1.38 bits per heavy atom. The second-order valence-electron chi connectivity index (χ2n) is 6.57. The van der Waals surface area contributed by atoms with Gasteiger partial charge >= 0.3 is 0 Å². The quantitative estimate of drug-likeness (QED) is 0.897. The van der Waals surface area contributed by atoms with Crippen molar-refractivity contribution in [1.82, 2.24) is 4.98 Å². The van der Waals surface area contributed by atoms with E-state index in [1.165, 1.54) is 16.9 Å². The van der Waals surface area contributed by atoms with Crippen LogP contribution in [0.15, 0.2) is 23.6 Å². The smallest absolute Gasteiger partial charge is 0.229 e. The SMILES string of the molecule is NC1CCCC(C(=O)Nc2nc(-c3ccc4c(c3)CCO4)cs2)C1. The molecule has 2 aliphatic rings. The van der Waals surface area contributed by atoms with Gasteiger partial charge in [0, 0.05) is 29.3 Å². The predicted molar refractivity (Wildman–Crippen MR) is 95.3 cm³/mol. The molecule has 0 radical (unpaired) electrons. The molecule has 1 aromatic carbocycles. The first kappa shape index (κ1) is 15.6. The number of anilines is 1. The summed E-state index contributed by atoms with van der Waals surface area (Å²) in [7, 11) is 0. The molecule has 24 heavy (non-hydrogen) atoms. The minimum Gasteiger partial charge on any atom is -0.493 e. The summed E-state index contributed by atoms with van der Waals surface area (Å²) in [6.07, 6.45) is 4.68. The van der Waals surface area contributed by atoms with E-state index >= 15 is 0 Å². The lowest BCUT2D eigenvalue weighted by Crippen LogP contribution is -2.34. The first-order chi connectivity index (χ1) is 11.7. The van der Waals surface area contributed by atoms with Crippen LogP contribution in [0.25, 0.3) is 11.3 Å². The van der Waals surface area contributed by atoms with E-state index in [1.807, 2.05) is 17.5 Å². The molecule has 5 nitrogen and oxygen atoms in total. The van der Waals surface area contributed by atoms with Gasteiger partial charge in [0.1, 0.15) is 5.75 Å². The molecular formula is C18H21N3O2S. The van der Waals surface area contributed by atoms with E-state index in [0.717, 1.165) is 55.7 Å². The Morgan fingerprint density at radius 2 is 2.29 bits per heavy atom. The fraction of sp³-hybridized carbons (Fsp3) is 0.444. The molecule has 1 amide bonds. The summed E-state index contributed by atoms with van der Waals surface area (Å²) < 4.78 is 5.54. The van der Waals surface area contributed by atoms with Crippen LogP contribution in [0.3, 0.4) is 0 Å². The second kappa shape index (κ2) is 6.53. The first-order valence-corrected chi connectivity index (χ1v) is 9.35. The molecule has 0 spiro atoms. The van der Waals surface area contributed by atoms with Crippen molar-refractivity contribution in [2.45, 2.75) is 38.1 Å². The summed E-state index contributed by atoms with van der Waals surface area (Å²) in [5.74, 6) is 1.03. The average molecular weight is 343 g/mol. The third-order valence-electron chi connectivity index (χ3n) is 4.81. The Kier molecular flexibility index (Phi) is 4.24. The summed E-state index contributed by atoms with van der Waals surface area (Å²) in [5.41, 5.74) is 9.16. The Labute approximate surface area is 145 Å². The van der Waals surface area contributed by atoms with Gasteiger partial charge in [-0.1, -0.05) is 6.42 Å². The molecule has 2 atom stereocenters. The zero-order valence-corrected chi connectivity index (χ0v) is 14.3. The third-order valence-corrected chi connectivity index (χ3v) is 5.56. The summed E-state index contributed by atoms with van der Waals surface area (Å²) in [4.78, 5) is 17.0. The number of carbonyl (C=O) groups is 1. The average Bonchev–Trinajstić information content (AvgIpc) is 3.23. The van der Waals surface area contributed by atoms with Crippen molar-refractivity contribution >= 4 is 22.4 Å². The minimum absolute atomic E-state index is 0.0123. The molecule has 1 aliphatic heterocycles. The van der Waals surface area contributed by atoms with Crippen molar-refractivity contribution in [3.05, 3.63) is 29.1 Å². The molecule has 0 saturated heterocycles. The topological polar surface area (TPSA) is 77.2 Å². The van der Waals surface area contributed by atoms with Crippen LogP contribution in [0.4, 0.5) is 5.13 Å². The molecule has 2 aromatic rings. The van der Waals surface area contributed by atoms with Gasteiger partial charge in [-0.25, -0.2) is 4.98 Å². The Balaban J connectivity index is 1.46. The molecule has 4 rings (SSSR count). The fourth-order valence-corrected chi connectivity index (χ4v) is 4.21. The summed E-state index contributed by atoms with van der Waals surface area (Å²) in [5, 5.41) is 5.61. The van der Waals surface area contributed by atoms with E-state index in [2.05, 4.69) is 16.4 Å². The standard InChI is InChI=1S/C18H21N3O2S/c19-14-3-1-2-13(9-14)17(22)21-18-20-15(10-24-18)11-4-5-16-12(8-11)6-7-23-16/h4-5,8,10,13-14H,1-3,6-7,9,19H2,(H,20,21,22). The lowest BCUT2D eigenvalue weighted by atomic mass is 9.86. The summed E-state index contributed by atoms with van der Waals surface area (Å²) in [6, 6.07) is 6.29. The van der Waals surface area contributed by atoms with Crippen LogP contribution in [0.5, 0.6) is 5.75 Å². The number of carbonyl (C=O) groups excluding carboxylic acids is 1. The molecule has 6 heteroatoms. The fourth-order valence-electron chi connectivity index (χ4n) is 3.48. The zero-order chi connectivity index (χ0) is 16.5. The molecule has 3 N–H and O–H groups in total. The Morgan fingerprint density at radius 3 is 3.17 bits per heavy atom. The number of thiazole rings is 1. The van der Waals surface area contributed by atoms with Gasteiger partial charge in [-0.2, -0.15) is 0 Å². The van der Waals surface area contributed by atoms with E-state index in [4.69, 9.17) is 10.5 Å². The largest absolute Gasteiger partial charge is 0.493 e. The van der Waals surface area contributed by atoms with Crippen LogP contribution in [-0.4, -0.2) is 23.5 Å². The van der Waals surface area contributed by atoms with Gasteiger partial charge in [0.2, 0.25) is 5.91 Å². The maximum Gasteiger partial charge on any atom is 0.229 e. The van der Waals surface area contributed by atoms with Gasteiger partial charge in [-0.05, 0) is 43.0 Å². The van der Waals surface area contributed by atoms with Crippen LogP contribution in [0, 0.1) is 5.92 Å². The van der Waals surface area contributed by atoms with Crippen molar-refractivity contribution < 1.29 is 9.53 Å². The first-order valence-electron chi connectivity index (χ1n) is 8.47. The maximum atomic E-state index is 12.4. The molecule has 1 saturated carbocycles. The summed E-state index contributed by atoms with van der Waals surface area (Å²) in [6.45, 7) is 0.751. The Hall–Kier alpha value is -1.92. The lowest BCUT2D eigenvalue weighted by Gasteiger charge is -2.25. The third kappa shape index (κ3) is 3.16. The molecule has 2 heterocycles. The van der Waals surface area contributed by atoms with Crippen LogP contribution in [0.2, 0.25) is 0 Å². The molecule has 0 bridgehead atoms. The van der Waals surface area contributed by atoms with Gasteiger partial charge in [0.25, 0.3) is 0 Å². The Bertz CT molecular complexity index is 758. The zero-order valence-electron chi connectivity index (χ0n) is 13.5. The summed E-state index contributed by atoms with van der Waals surface area (Å²) >= 11 is 1.47. The van der Waals surface area contributed by atoms with Gasteiger partial charge < -0.3 is 15.8 Å². The number of hydrogen-bond acceptors (Lipinski definition) is 5. The molecule has 2 unspecified atom stereocenters. The van der Waals surface area contributed by atoms with Crippen LogP contribution < -0.4 is 15.8 Å². The van der Waals surface area contributed by atoms with Gasteiger partial charge in [0.05, 0.1) is 12.3 Å². The monoisotopic (exact) mass is 343 g/mol. The van der Waals surface area contributed by atoms with E-state index < -0.39 is 0 Å². The van der Waals surface area contributed by atoms with E-state index in [0.29, 0.717) is 5.13 Å². The minimum atomic E-state index is 0.0123. The molecule has 1 aliphatic carbocycles. The number of nitrogens with one attached hydrogen (secondary N) is 1. The van der Waals surface area contributed by atoms with Crippen molar-refractivity contribution in [2.75, 3.05) is 11.9 Å². The van der Waals surface area contributed by atoms with Crippen LogP contribution in [0.1, 0.15) is 31.2 Å². The van der Waals surface area contributed by atoms with E-state index in [9.17, 15) is 4.79 Å². The number of fused-ring (bicyclic) bond motifs is 1. The van der Waals surface area contributed by atoms with Gasteiger partial charge in [-0.15, -0.1) is 11.3 Å². The number of nitrogens with zero attached hydrogens (tertiary/aromatic N) is 1. The van der Waals surface area contributed by atoms with Crippen molar-refractivity contribution in [3.63, 3.8) is 0 Å². The molecule has 1 fully saturated rings.